The van der Waals surface area contributed by atoms with Crippen molar-refractivity contribution in [3.63, 3.8) is 0 Å². The van der Waals surface area contributed by atoms with Gasteiger partial charge in [0.15, 0.2) is 0 Å². The van der Waals surface area contributed by atoms with E-state index in [4.69, 9.17) is 11.6 Å². The van der Waals surface area contributed by atoms with Crippen molar-refractivity contribution >= 4 is 34.1 Å². The number of halogens is 2. The van der Waals surface area contributed by atoms with E-state index in [0.29, 0.717) is 36.5 Å². The summed E-state index contributed by atoms with van der Waals surface area (Å²) in [6.07, 6.45) is 6.51. The van der Waals surface area contributed by atoms with Crippen molar-refractivity contribution in [1.29, 1.82) is 0 Å². The van der Waals surface area contributed by atoms with Gasteiger partial charge < -0.3 is 10.2 Å². The molecule has 156 valence electrons. The zero-order valence-electron chi connectivity index (χ0n) is 16.8. The molecule has 1 atom stereocenters. The molecule has 4 rings (SSSR count). The molecule has 0 unspecified atom stereocenters. The Morgan fingerprint density at radius 3 is 2.76 bits per heavy atom. The summed E-state index contributed by atoms with van der Waals surface area (Å²) in [5, 5.41) is 4.08. The Bertz CT molecular complexity index is 884. The van der Waals surface area contributed by atoms with Crippen LogP contribution in [-0.4, -0.2) is 52.5 Å². The second-order valence-electron chi connectivity index (χ2n) is 8.55. The Kier molecular flexibility index (Phi) is 6.30. The number of nitrogens with zero attached hydrogens (tertiary/aromatic N) is 3. The fourth-order valence-electron chi connectivity index (χ4n) is 4.65. The van der Waals surface area contributed by atoms with E-state index >= 15 is 0 Å². The lowest BCUT2D eigenvalue weighted by molar-refractivity contribution is -0.116. The van der Waals surface area contributed by atoms with Crippen molar-refractivity contribution in [2.24, 2.45) is 5.92 Å². The van der Waals surface area contributed by atoms with Crippen LogP contribution in [0.5, 0.6) is 0 Å². The monoisotopic (exact) mass is 418 g/mol. The van der Waals surface area contributed by atoms with Crippen molar-refractivity contribution < 1.29 is 9.18 Å². The fourth-order valence-corrected chi connectivity index (χ4v) is 4.80. The summed E-state index contributed by atoms with van der Waals surface area (Å²) >= 11 is 6.14. The van der Waals surface area contributed by atoms with Gasteiger partial charge in [0, 0.05) is 43.9 Å². The van der Waals surface area contributed by atoms with Gasteiger partial charge in [0.1, 0.15) is 22.6 Å². The molecular weight excluding hydrogens is 391 g/mol. The summed E-state index contributed by atoms with van der Waals surface area (Å²) in [6, 6.07) is 3.92. The molecule has 1 N–H and O–H groups in total. The van der Waals surface area contributed by atoms with E-state index in [0.717, 1.165) is 61.1 Å². The van der Waals surface area contributed by atoms with Crippen molar-refractivity contribution in [2.45, 2.75) is 57.7 Å². The molecule has 0 spiro atoms. The standard InChI is InChI=1S/C22H28ClFN4O/c1-14(29)10-16-11-25-19-6-7-20(23)27-22(19)21(16)26-18-4-2-15(3-5-18)12-28-9-8-17(24)13-28/h6-7,11,15,17-18H,2-5,8-10,12-13H2,1H3,(H,25,26)/t15?,17-,18?/m1/s1. The second-order valence-corrected chi connectivity index (χ2v) is 8.93. The van der Waals surface area contributed by atoms with Crippen LogP contribution in [0.3, 0.4) is 0 Å². The Morgan fingerprint density at radius 1 is 1.28 bits per heavy atom. The van der Waals surface area contributed by atoms with Crippen LogP contribution in [-0.2, 0) is 11.2 Å². The Balaban J connectivity index is 1.46. The number of nitrogens with one attached hydrogen (secondary N) is 1. The number of carbonyl (C=O) groups excluding carboxylic acids is 1. The molecule has 2 fully saturated rings. The number of pyridine rings is 2. The quantitative estimate of drug-likeness (QED) is 0.703. The van der Waals surface area contributed by atoms with Crippen LogP contribution in [0.2, 0.25) is 5.15 Å². The molecule has 3 heterocycles. The molecule has 0 radical (unpaired) electrons. The van der Waals surface area contributed by atoms with Gasteiger partial charge in [-0.3, -0.25) is 9.78 Å². The Hall–Kier alpha value is -1.79. The van der Waals surface area contributed by atoms with Gasteiger partial charge in [0.05, 0.1) is 11.2 Å². The Morgan fingerprint density at radius 2 is 2.07 bits per heavy atom. The van der Waals surface area contributed by atoms with Gasteiger partial charge in [0.2, 0.25) is 0 Å². The van der Waals surface area contributed by atoms with Gasteiger partial charge in [-0.25, -0.2) is 9.37 Å². The highest BCUT2D eigenvalue weighted by Gasteiger charge is 2.28. The number of likely N-dealkylation sites (tertiary alicyclic amines) is 1. The zero-order chi connectivity index (χ0) is 20.4. The predicted octanol–water partition coefficient (Wildman–Crippen LogP) is 4.43. The summed E-state index contributed by atoms with van der Waals surface area (Å²) in [4.78, 5) is 23.0. The van der Waals surface area contributed by atoms with Crippen LogP contribution < -0.4 is 5.32 Å². The third-order valence-electron chi connectivity index (χ3n) is 6.12. The van der Waals surface area contributed by atoms with Crippen LogP contribution in [0.25, 0.3) is 11.0 Å². The van der Waals surface area contributed by atoms with Gasteiger partial charge in [-0.15, -0.1) is 0 Å². The van der Waals surface area contributed by atoms with Crippen LogP contribution in [0.1, 0.15) is 44.6 Å². The topological polar surface area (TPSA) is 58.1 Å². The minimum Gasteiger partial charge on any atom is -0.380 e. The van der Waals surface area contributed by atoms with E-state index < -0.39 is 6.17 Å². The summed E-state index contributed by atoms with van der Waals surface area (Å²) in [5.41, 5.74) is 3.25. The van der Waals surface area contributed by atoms with E-state index in [9.17, 15) is 9.18 Å². The molecule has 2 aliphatic rings. The molecular formula is C22H28ClFN4O. The average molecular weight is 419 g/mol. The first kappa shape index (κ1) is 20.5. The second kappa shape index (κ2) is 8.92. The lowest BCUT2D eigenvalue weighted by Gasteiger charge is -2.32. The molecule has 1 saturated heterocycles. The van der Waals surface area contributed by atoms with Crippen molar-refractivity contribution in [1.82, 2.24) is 14.9 Å². The molecule has 1 aliphatic heterocycles. The largest absolute Gasteiger partial charge is 0.380 e. The molecule has 1 aliphatic carbocycles. The highest BCUT2D eigenvalue weighted by atomic mass is 35.5. The highest BCUT2D eigenvalue weighted by molar-refractivity contribution is 6.29. The fraction of sp³-hybridized carbons (Fsp3) is 0.591. The first-order valence-corrected chi connectivity index (χ1v) is 10.9. The minimum atomic E-state index is -0.646. The lowest BCUT2D eigenvalue weighted by atomic mass is 9.85. The van der Waals surface area contributed by atoms with E-state index in [1.54, 1.807) is 19.2 Å². The molecule has 0 amide bonds. The summed E-state index contributed by atoms with van der Waals surface area (Å²) < 4.78 is 13.4. The third-order valence-corrected chi connectivity index (χ3v) is 6.33. The maximum Gasteiger partial charge on any atom is 0.134 e. The Labute approximate surface area is 176 Å². The third kappa shape index (κ3) is 5.04. The lowest BCUT2D eigenvalue weighted by Crippen LogP contribution is -2.33. The molecule has 7 heteroatoms. The SMILES string of the molecule is CC(=O)Cc1cnc2ccc(Cl)nc2c1NC1CCC(CN2CC[C@@H](F)C2)CC1. The number of ketones is 1. The molecule has 1 saturated carbocycles. The van der Waals surface area contributed by atoms with Crippen LogP contribution in [0.4, 0.5) is 10.1 Å². The number of fused-ring (bicyclic) bond motifs is 1. The predicted molar refractivity (Wildman–Crippen MR) is 114 cm³/mol. The number of Topliss-reactive ketones (excluding diaryl/α,β-unsaturated/α-hetero) is 1. The molecule has 2 aromatic heterocycles. The van der Waals surface area contributed by atoms with Gasteiger partial charge in [-0.1, -0.05) is 11.6 Å². The number of hydrogen-bond acceptors (Lipinski definition) is 5. The molecule has 2 aromatic rings. The molecule has 5 nitrogen and oxygen atoms in total. The van der Waals surface area contributed by atoms with Crippen molar-refractivity contribution in [3.05, 3.63) is 29.0 Å². The van der Waals surface area contributed by atoms with E-state index in [1.807, 2.05) is 6.07 Å². The number of anilines is 1. The molecule has 0 aromatic carbocycles. The zero-order valence-corrected chi connectivity index (χ0v) is 17.6. The number of carbonyl (C=O) groups is 1. The van der Waals surface area contributed by atoms with Crippen molar-refractivity contribution in [3.8, 4) is 0 Å². The van der Waals surface area contributed by atoms with Crippen LogP contribution >= 0.6 is 11.6 Å². The van der Waals surface area contributed by atoms with E-state index in [-0.39, 0.29) is 5.78 Å². The maximum atomic E-state index is 13.4. The van der Waals surface area contributed by atoms with Crippen molar-refractivity contribution in [2.75, 3.05) is 25.0 Å². The minimum absolute atomic E-state index is 0.0942. The van der Waals surface area contributed by atoms with E-state index in [1.165, 1.54) is 0 Å². The van der Waals surface area contributed by atoms with Gasteiger partial charge in [-0.2, -0.15) is 0 Å². The first-order chi connectivity index (χ1) is 14.0. The summed E-state index contributed by atoms with van der Waals surface area (Å²) in [5.74, 6) is 0.730. The number of hydrogen-bond donors (Lipinski definition) is 1. The smallest absolute Gasteiger partial charge is 0.134 e. The normalized spacial score (nSPS) is 25.4. The van der Waals surface area contributed by atoms with Gasteiger partial charge in [-0.05, 0) is 57.1 Å². The molecule has 29 heavy (non-hydrogen) atoms. The first-order valence-electron chi connectivity index (χ1n) is 10.5. The highest BCUT2D eigenvalue weighted by Crippen LogP contribution is 2.32. The van der Waals surface area contributed by atoms with Gasteiger partial charge >= 0.3 is 0 Å². The number of alkyl halides is 1. The number of rotatable bonds is 6. The van der Waals surface area contributed by atoms with Gasteiger partial charge in [0.25, 0.3) is 0 Å². The van der Waals surface area contributed by atoms with Crippen LogP contribution in [0.15, 0.2) is 18.3 Å². The number of aromatic nitrogens is 2. The maximum absolute atomic E-state index is 13.4. The van der Waals surface area contributed by atoms with Crippen LogP contribution in [0, 0.1) is 5.92 Å². The summed E-state index contributed by atoms with van der Waals surface area (Å²) in [7, 11) is 0. The molecule has 0 bridgehead atoms. The summed E-state index contributed by atoms with van der Waals surface area (Å²) in [6.45, 7) is 4.09. The average Bonchev–Trinajstić information content (AvgIpc) is 3.09. The van der Waals surface area contributed by atoms with E-state index in [2.05, 4.69) is 20.2 Å².